The molecule has 5 nitrogen and oxygen atoms in total. The highest BCUT2D eigenvalue weighted by atomic mass is 32.2. The van der Waals surface area contributed by atoms with Gasteiger partial charge in [-0.1, -0.05) is 18.2 Å². The molecule has 4 fully saturated rings. The Bertz CT molecular complexity index is 951. The molecular formula is C22H25NO4S. The maximum atomic E-state index is 12.9. The van der Waals surface area contributed by atoms with Crippen molar-refractivity contribution in [2.45, 2.75) is 48.8 Å². The van der Waals surface area contributed by atoms with Crippen molar-refractivity contribution in [2.24, 2.45) is 23.7 Å². The molecule has 1 amide bonds. The highest BCUT2D eigenvalue weighted by molar-refractivity contribution is 7.90. The van der Waals surface area contributed by atoms with Crippen molar-refractivity contribution in [3.63, 3.8) is 0 Å². The van der Waals surface area contributed by atoms with Gasteiger partial charge in [0.2, 0.25) is 0 Å². The number of furan rings is 1. The van der Waals surface area contributed by atoms with E-state index in [1.807, 2.05) is 0 Å². The van der Waals surface area contributed by atoms with Crippen LogP contribution in [0.4, 0.5) is 0 Å². The summed E-state index contributed by atoms with van der Waals surface area (Å²) in [6, 6.07) is 10.1. The molecule has 0 atom stereocenters. The predicted molar refractivity (Wildman–Crippen MR) is 104 cm³/mol. The Labute approximate surface area is 165 Å². The number of rotatable bonds is 5. The molecule has 1 N–H and O–H groups in total. The van der Waals surface area contributed by atoms with Crippen molar-refractivity contribution in [1.82, 2.24) is 5.32 Å². The van der Waals surface area contributed by atoms with Crippen molar-refractivity contribution >= 4 is 15.7 Å². The molecule has 0 radical (unpaired) electrons. The van der Waals surface area contributed by atoms with Crippen molar-refractivity contribution in [2.75, 3.05) is 0 Å². The zero-order valence-corrected chi connectivity index (χ0v) is 16.5. The molecule has 4 saturated carbocycles. The molecule has 1 aromatic heterocycles. The number of carbonyl (C=O) groups is 1. The molecule has 6 heteroatoms. The minimum absolute atomic E-state index is 0.133. The van der Waals surface area contributed by atoms with E-state index in [4.69, 9.17) is 4.42 Å². The predicted octanol–water partition coefficient (Wildman–Crippen LogP) is 3.81. The Morgan fingerprint density at radius 3 is 2.25 bits per heavy atom. The Morgan fingerprint density at radius 1 is 0.964 bits per heavy atom. The first kappa shape index (κ1) is 18.0. The van der Waals surface area contributed by atoms with Crippen LogP contribution in [0.25, 0.3) is 0 Å². The first-order valence-corrected chi connectivity index (χ1v) is 11.8. The molecule has 6 rings (SSSR count). The number of hydrogen-bond acceptors (Lipinski definition) is 4. The lowest BCUT2D eigenvalue weighted by molar-refractivity contribution is -0.0123. The average molecular weight is 400 g/mol. The van der Waals surface area contributed by atoms with E-state index in [9.17, 15) is 13.2 Å². The molecule has 0 spiro atoms. The SMILES string of the molecule is O=C(NC1C2CC3CC(C2)CC1C3)c1occc1CS(=O)(=O)c1ccccc1. The Hall–Kier alpha value is -2.08. The third-order valence-electron chi connectivity index (χ3n) is 6.93. The quantitative estimate of drug-likeness (QED) is 0.829. The number of amides is 1. The first-order valence-electron chi connectivity index (χ1n) is 10.1. The van der Waals surface area contributed by atoms with Gasteiger partial charge < -0.3 is 9.73 Å². The summed E-state index contributed by atoms with van der Waals surface area (Å²) in [5.74, 6) is 2.42. The topological polar surface area (TPSA) is 76.4 Å². The molecule has 1 heterocycles. The lowest BCUT2D eigenvalue weighted by atomic mass is 9.54. The van der Waals surface area contributed by atoms with Crippen LogP contribution in [-0.4, -0.2) is 20.4 Å². The first-order chi connectivity index (χ1) is 13.5. The van der Waals surface area contributed by atoms with Gasteiger partial charge in [0.1, 0.15) is 0 Å². The van der Waals surface area contributed by atoms with Gasteiger partial charge in [-0.05, 0) is 74.0 Å². The van der Waals surface area contributed by atoms with Crippen LogP contribution in [0, 0.1) is 23.7 Å². The number of sulfone groups is 1. The Balaban J connectivity index is 1.33. The van der Waals surface area contributed by atoms with Gasteiger partial charge >= 0.3 is 0 Å². The van der Waals surface area contributed by atoms with E-state index >= 15 is 0 Å². The second-order valence-corrected chi connectivity index (χ2v) is 10.8. The van der Waals surface area contributed by atoms with Crippen LogP contribution in [-0.2, 0) is 15.6 Å². The second kappa shape index (κ2) is 6.76. The van der Waals surface area contributed by atoms with Crippen molar-refractivity contribution in [3.05, 3.63) is 54.0 Å². The normalized spacial score (nSPS) is 31.1. The third-order valence-corrected chi connectivity index (χ3v) is 8.61. The number of benzene rings is 1. The molecule has 148 valence electrons. The molecule has 0 unspecified atom stereocenters. The van der Waals surface area contributed by atoms with Gasteiger partial charge in [-0.25, -0.2) is 8.42 Å². The van der Waals surface area contributed by atoms with Gasteiger partial charge in [0.25, 0.3) is 5.91 Å². The molecule has 4 aliphatic rings. The molecule has 0 aliphatic heterocycles. The Morgan fingerprint density at radius 2 is 1.61 bits per heavy atom. The Kier molecular flexibility index (Phi) is 4.34. The summed E-state index contributed by atoms with van der Waals surface area (Å²) >= 11 is 0. The highest BCUT2D eigenvalue weighted by Crippen LogP contribution is 2.53. The largest absolute Gasteiger partial charge is 0.459 e. The maximum Gasteiger partial charge on any atom is 0.287 e. The fraction of sp³-hybridized carbons (Fsp3) is 0.500. The number of carbonyl (C=O) groups excluding carboxylic acids is 1. The van der Waals surface area contributed by atoms with E-state index in [1.165, 1.54) is 38.4 Å². The summed E-state index contributed by atoms with van der Waals surface area (Å²) in [5.41, 5.74) is 0.421. The summed E-state index contributed by atoms with van der Waals surface area (Å²) in [6.07, 6.45) is 7.63. The lowest BCUT2D eigenvalue weighted by Gasteiger charge is -2.54. The fourth-order valence-electron chi connectivity index (χ4n) is 5.94. The fourth-order valence-corrected chi connectivity index (χ4v) is 7.32. The number of nitrogens with one attached hydrogen (secondary N) is 1. The van der Waals surface area contributed by atoms with Crippen LogP contribution < -0.4 is 5.32 Å². The molecular weight excluding hydrogens is 374 g/mol. The average Bonchev–Trinajstić information content (AvgIpc) is 3.12. The molecule has 0 saturated heterocycles. The minimum atomic E-state index is -3.53. The van der Waals surface area contributed by atoms with E-state index in [-0.39, 0.29) is 28.4 Å². The highest BCUT2D eigenvalue weighted by Gasteiger charge is 2.48. The standard InChI is InChI=1S/C22H25NO4S/c24-22(23-20-17-9-14-8-15(11-17)12-18(20)10-14)21-16(6-7-27-21)13-28(25,26)19-4-2-1-3-5-19/h1-7,14-15,17-18,20H,8-13H2,(H,23,24). The van der Waals surface area contributed by atoms with E-state index < -0.39 is 9.84 Å². The molecule has 28 heavy (non-hydrogen) atoms. The van der Waals surface area contributed by atoms with E-state index in [0.717, 1.165) is 11.8 Å². The molecule has 4 aliphatic carbocycles. The van der Waals surface area contributed by atoms with Crippen molar-refractivity contribution in [1.29, 1.82) is 0 Å². The van der Waals surface area contributed by atoms with E-state index in [1.54, 1.807) is 36.4 Å². The van der Waals surface area contributed by atoms with E-state index in [0.29, 0.717) is 17.4 Å². The van der Waals surface area contributed by atoms with Gasteiger partial charge in [0, 0.05) is 11.6 Å². The molecule has 2 aromatic rings. The molecule has 1 aromatic carbocycles. The van der Waals surface area contributed by atoms with Crippen LogP contribution in [0.1, 0.15) is 48.2 Å². The molecule has 4 bridgehead atoms. The summed E-state index contributed by atoms with van der Waals surface area (Å²) in [4.78, 5) is 13.2. The smallest absolute Gasteiger partial charge is 0.287 e. The van der Waals surface area contributed by atoms with Gasteiger partial charge in [0.05, 0.1) is 16.9 Å². The van der Waals surface area contributed by atoms with Crippen LogP contribution in [0.3, 0.4) is 0 Å². The minimum Gasteiger partial charge on any atom is -0.459 e. The maximum absolute atomic E-state index is 12.9. The summed E-state index contributed by atoms with van der Waals surface area (Å²) in [5, 5.41) is 3.20. The zero-order valence-electron chi connectivity index (χ0n) is 15.7. The lowest BCUT2D eigenvalue weighted by Crippen LogP contribution is -2.55. The van der Waals surface area contributed by atoms with Gasteiger partial charge in [-0.2, -0.15) is 0 Å². The van der Waals surface area contributed by atoms with Crippen molar-refractivity contribution < 1.29 is 17.6 Å². The van der Waals surface area contributed by atoms with Gasteiger partial charge in [-0.3, -0.25) is 4.79 Å². The van der Waals surface area contributed by atoms with Crippen LogP contribution in [0.2, 0.25) is 0 Å². The summed E-state index contributed by atoms with van der Waals surface area (Å²) in [6.45, 7) is 0. The zero-order chi connectivity index (χ0) is 19.3. The van der Waals surface area contributed by atoms with Crippen LogP contribution in [0.5, 0.6) is 0 Å². The third kappa shape index (κ3) is 3.17. The van der Waals surface area contributed by atoms with Gasteiger partial charge in [-0.15, -0.1) is 0 Å². The number of hydrogen-bond donors (Lipinski definition) is 1. The van der Waals surface area contributed by atoms with Crippen LogP contribution in [0.15, 0.2) is 52.0 Å². The summed E-state index contributed by atoms with van der Waals surface area (Å²) in [7, 11) is -3.53. The van der Waals surface area contributed by atoms with Crippen LogP contribution >= 0.6 is 0 Å². The summed E-state index contributed by atoms with van der Waals surface area (Å²) < 4.78 is 30.8. The monoisotopic (exact) mass is 399 g/mol. The van der Waals surface area contributed by atoms with E-state index in [2.05, 4.69) is 5.32 Å². The van der Waals surface area contributed by atoms with Crippen molar-refractivity contribution in [3.8, 4) is 0 Å². The van der Waals surface area contributed by atoms with Gasteiger partial charge in [0.15, 0.2) is 15.6 Å². The second-order valence-electron chi connectivity index (χ2n) is 8.78.